The number of H-pyrrole nitrogens is 1. The molecular formula is C10H4F3NO3. The third-order valence-electron chi connectivity index (χ3n) is 2.16. The summed E-state index contributed by atoms with van der Waals surface area (Å²) in [5.74, 6) is -5.96. The molecule has 0 aliphatic heterocycles. The van der Waals surface area contributed by atoms with Crippen LogP contribution in [0.1, 0.15) is 0 Å². The topological polar surface area (TPSA) is 70.2 Å². The number of aromatic nitrogens is 1. The van der Waals surface area contributed by atoms with Crippen LogP contribution in [-0.2, 0) is 0 Å². The quantitative estimate of drug-likeness (QED) is 0.536. The van der Waals surface area contributed by atoms with Crippen molar-refractivity contribution < 1.29 is 18.3 Å². The third-order valence-corrected chi connectivity index (χ3v) is 2.16. The summed E-state index contributed by atoms with van der Waals surface area (Å²) in [6.07, 6.45) is 0. The summed E-state index contributed by atoms with van der Waals surface area (Å²) in [5.41, 5.74) is -2.84. The molecule has 2 N–H and O–H groups in total. The van der Waals surface area contributed by atoms with Gasteiger partial charge in [-0.2, -0.15) is 0 Å². The van der Waals surface area contributed by atoms with Crippen molar-refractivity contribution in [2.24, 2.45) is 0 Å². The van der Waals surface area contributed by atoms with Gasteiger partial charge in [0.1, 0.15) is 5.75 Å². The molecule has 0 unspecified atom stereocenters. The Kier molecular flexibility index (Phi) is 2.38. The van der Waals surface area contributed by atoms with Gasteiger partial charge in [0, 0.05) is 12.1 Å². The minimum atomic E-state index is -1.80. The first-order chi connectivity index (χ1) is 7.91. The molecule has 0 aliphatic carbocycles. The summed E-state index contributed by atoms with van der Waals surface area (Å²) >= 11 is 0. The molecule has 0 fully saturated rings. The number of nitrogens with one attached hydrogen (secondary N) is 1. The molecular weight excluding hydrogens is 239 g/mol. The average molecular weight is 243 g/mol. The minimum absolute atomic E-state index is 0.432. The van der Waals surface area contributed by atoms with E-state index in [1.54, 1.807) is 0 Å². The Hall–Kier alpha value is -2.31. The van der Waals surface area contributed by atoms with Crippen molar-refractivity contribution in [1.29, 1.82) is 0 Å². The fourth-order valence-electron chi connectivity index (χ4n) is 1.39. The van der Waals surface area contributed by atoms with E-state index in [2.05, 4.69) is 0 Å². The van der Waals surface area contributed by atoms with Crippen LogP contribution in [0.4, 0.5) is 13.2 Å². The van der Waals surface area contributed by atoms with Gasteiger partial charge in [-0.25, -0.2) is 13.2 Å². The van der Waals surface area contributed by atoms with Gasteiger partial charge in [0.25, 0.3) is 5.56 Å². The Balaban J connectivity index is 3.19. The zero-order chi connectivity index (χ0) is 12.7. The summed E-state index contributed by atoms with van der Waals surface area (Å²) in [6, 6.07) is 0.913. The normalized spacial score (nSPS) is 10.8. The largest absolute Gasteiger partial charge is 0.507 e. The van der Waals surface area contributed by atoms with Crippen molar-refractivity contribution in [3.63, 3.8) is 0 Å². The predicted octanol–water partition coefficient (Wildman–Crippen LogP) is 1.01. The van der Waals surface area contributed by atoms with Crippen molar-refractivity contribution in [2.45, 2.75) is 0 Å². The van der Waals surface area contributed by atoms with Crippen LogP contribution >= 0.6 is 0 Å². The highest BCUT2D eigenvalue weighted by Gasteiger charge is 2.16. The lowest BCUT2D eigenvalue weighted by molar-refractivity contribution is 0.446. The summed E-state index contributed by atoms with van der Waals surface area (Å²) in [6.45, 7) is 0. The summed E-state index contributed by atoms with van der Waals surface area (Å²) in [5, 5.41) is 8.58. The number of fused-ring (bicyclic) bond motifs is 1. The van der Waals surface area contributed by atoms with Crippen LogP contribution in [0.25, 0.3) is 10.9 Å². The lowest BCUT2D eigenvalue weighted by Gasteiger charge is -2.00. The Morgan fingerprint density at radius 1 is 1.06 bits per heavy atom. The Bertz CT molecular complexity index is 739. The maximum atomic E-state index is 13.4. The average Bonchev–Trinajstić information content (AvgIpc) is 2.34. The molecule has 0 radical (unpaired) electrons. The van der Waals surface area contributed by atoms with Crippen molar-refractivity contribution in [2.75, 3.05) is 0 Å². The second-order valence-electron chi connectivity index (χ2n) is 3.26. The highest BCUT2D eigenvalue weighted by molar-refractivity contribution is 5.84. The number of rotatable bonds is 0. The zero-order valence-electron chi connectivity index (χ0n) is 8.05. The van der Waals surface area contributed by atoms with Crippen LogP contribution < -0.4 is 11.0 Å². The molecule has 0 bridgehead atoms. The van der Waals surface area contributed by atoms with Crippen LogP contribution in [0, 0.1) is 17.5 Å². The monoisotopic (exact) mass is 243 g/mol. The first-order valence-electron chi connectivity index (χ1n) is 4.35. The smallest absolute Gasteiger partial charge is 0.296 e. The van der Waals surface area contributed by atoms with E-state index >= 15 is 0 Å². The highest BCUT2D eigenvalue weighted by atomic mass is 19.2. The van der Waals surface area contributed by atoms with Gasteiger partial charge in [-0.1, -0.05) is 0 Å². The molecule has 1 aromatic heterocycles. The fraction of sp³-hybridized carbons (Fsp3) is 0. The molecule has 0 spiro atoms. The van der Waals surface area contributed by atoms with E-state index in [-0.39, 0.29) is 0 Å². The van der Waals surface area contributed by atoms with E-state index in [0.29, 0.717) is 12.1 Å². The third kappa shape index (κ3) is 1.65. The fourth-order valence-corrected chi connectivity index (χ4v) is 1.39. The maximum Gasteiger partial charge on any atom is 0.296 e. The van der Waals surface area contributed by atoms with E-state index in [4.69, 9.17) is 0 Å². The number of benzene rings is 1. The van der Waals surface area contributed by atoms with Gasteiger partial charge < -0.3 is 10.1 Å². The first kappa shape index (κ1) is 11.2. The summed E-state index contributed by atoms with van der Waals surface area (Å²) < 4.78 is 39.2. The molecule has 88 valence electrons. The van der Waals surface area contributed by atoms with Crippen molar-refractivity contribution in [3.8, 4) is 5.75 Å². The summed E-state index contributed by atoms with van der Waals surface area (Å²) in [7, 11) is 0. The standard InChI is InChI=1S/C10H4F3NO3/c11-3-1-4-7(9(13)8(3)12)5(15)2-6(16)10(17)14-4/h1-2,15H,(H,14,16,17). The number of aromatic hydroxyl groups is 1. The van der Waals surface area contributed by atoms with Gasteiger partial charge in [-0.15, -0.1) is 0 Å². The molecule has 0 saturated carbocycles. The second-order valence-corrected chi connectivity index (χ2v) is 3.26. The van der Waals surface area contributed by atoms with E-state index in [1.165, 1.54) is 0 Å². The molecule has 2 aromatic rings. The molecule has 7 heteroatoms. The molecule has 4 nitrogen and oxygen atoms in total. The first-order valence-corrected chi connectivity index (χ1v) is 4.35. The van der Waals surface area contributed by atoms with E-state index in [1.807, 2.05) is 4.98 Å². The number of halogens is 3. The molecule has 1 aromatic carbocycles. The SMILES string of the molecule is O=c1cc(O)c2c(F)c(F)c(F)cc2[nH]c1=O. The number of hydrogen-bond donors (Lipinski definition) is 2. The molecule has 1 heterocycles. The maximum absolute atomic E-state index is 13.4. The minimum Gasteiger partial charge on any atom is -0.507 e. The highest BCUT2D eigenvalue weighted by Crippen LogP contribution is 2.26. The molecule has 0 atom stereocenters. The van der Waals surface area contributed by atoms with Crippen LogP contribution in [0.5, 0.6) is 5.75 Å². The van der Waals surface area contributed by atoms with Crippen LogP contribution in [0.15, 0.2) is 21.7 Å². The second kappa shape index (κ2) is 3.62. The van der Waals surface area contributed by atoms with Gasteiger partial charge in [-0.05, 0) is 0 Å². The van der Waals surface area contributed by atoms with Gasteiger partial charge in [0.15, 0.2) is 17.5 Å². The molecule has 17 heavy (non-hydrogen) atoms. The number of hydrogen-bond acceptors (Lipinski definition) is 3. The van der Waals surface area contributed by atoms with Crippen LogP contribution in [-0.4, -0.2) is 10.1 Å². The van der Waals surface area contributed by atoms with E-state index in [9.17, 15) is 27.9 Å². The van der Waals surface area contributed by atoms with Crippen molar-refractivity contribution >= 4 is 10.9 Å². The molecule has 2 rings (SSSR count). The zero-order valence-corrected chi connectivity index (χ0v) is 8.05. The van der Waals surface area contributed by atoms with E-state index in [0.717, 1.165) is 0 Å². The van der Waals surface area contributed by atoms with Crippen molar-refractivity contribution in [3.05, 3.63) is 50.2 Å². The van der Waals surface area contributed by atoms with Crippen LogP contribution in [0.3, 0.4) is 0 Å². The van der Waals surface area contributed by atoms with Gasteiger partial charge in [0.05, 0.1) is 10.9 Å². The van der Waals surface area contributed by atoms with Crippen LogP contribution in [0.2, 0.25) is 0 Å². The molecule has 0 saturated heterocycles. The summed E-state index contributed by atoms with van der Waals surface area (Å²) in [4.78, 5) is 24.0. The van der Waals surface area contributed by atoms with E-state index < -0.39 is 45.1 Å². The number of aromatic amines is 1. The van der Waals surface area contributed by atoms with Gasteiger partial charge >= 0.3 is 0 Å². The lowest BCUT2D eigenvalue weighted by Crippen LogP contribution is -2.22. The Labute approximate surface area is 91.0 Å². The Morgan fingerprint density at radius 2 is 1.71 bits per heavy atom. The van der Waals surface area contributed by atoms with Gasteiger partial charge in [-0.3, -0.25) is 9.59 Å². The predicted molar refractivity (Wildman–Crippen MR) is 52.4 cm³/mol. The Morgan fingerprint density at radius 3 is 2.35 bits per heavy atom. The lowest BCUT2D eigenvalue weighted by atomic mass is 10.2. The van der Waals surface area contributed by atoms with Gasteiger partial charge in [0.2, 0.25) is 5.43 Å². The van der Waals surface area contributed by atoms with Crippen molar-refractivity contribution in [1.82, 2.24) is 4.98 Å². The molecule has 0 aliphatic rings. The molecule has 0 amide bonds.